The van der Waals surface area contributed by atoms with Crippen molar-refractivity contribution in [2.75, 3.05) is 11.9 Å². The summed E-state index contributed by atoms with van der Waals surface area (Å²) >= 11 is 5.69. The molecule has 0 amide bonds. The maximum atomic E-state index is 13.0. The molecule has 0 aromatic carbocycles. The Bertz CT molecular complexity index is 305. The van der Waals surface area contributed by atoms with Gasteiger partial charge in [-0.3, -0.25) is 0 Å². The van der Waals surface area contributed by atoms with Crippen molar-refractivity contribution in [2.24, 2.45) is 0 Å². The van der Waals surface area contributed by atoms with Gasteiger partial charge in [-0.2, -0.15) is 0 Å². The van der Waals surface area contributed by atoms with E-state index in [2.05, 4.69) is 10.3 Å². The third kappa shape index (κ3) is 3.46. The van der Waals surface area contributed by atoms with Crippen LogP contribution in [-0.4, -0.2) is 16.9 Å². The van der Waals surface area contributed by atoms with Crippen molar-refractivity contribution in [2.45, 2.75) is 18.7 Å². The number of alkyl halides is 1. The molecule has 2 nitrogen and oxygen atoms in total. The van der Waals surface area contributed by atoms with E-state index in [1.165, 1.54) is 0 Å². The van der Waals surface area contributed by atoms with Crippen LogP contribution in [0.4, 0.5) is 14.6 Å². The highest BCUT2D eigenvalue weighted by Gasteiger charge is 2.04. The van der Waals surface area contributed by atoms with Gasteiger partial charge in [0.1, 0.15) is 5.82 Å². The van der Waals surface area contributed by atoms with E-state index in [0.29, 0.717) is 13.0 Å². The summed E-state index contributed by atoms with van der Waals surface area (Å²) in [5.74, 6) is -1.31. The van der Waals surface area contributed by atoms with E-state index in [0.717, 1.165) is 12.3 Å². The number of anilines is 1. The number of halogens is 3. The quantitative estimate of drug-likeness (QED) is 0.790. The normalized spacial score (nSPS) is 12.6. The number of hydrogen-bond acceptors (Lipinski definition) is 2. The van der Waals surface area contributed by atoms with Crippen molar-refractivity contribution < 1.29 is 8.78 Å². The Balaban J connectivity index is 2.51. The average Bonchev–Trinajstić information content (AvgIpc) is 2.08. The number of aromatic nitrogens is 1. The fraction of sp³-hybridized carbons (Fsp3) is 0.444. The second-order valence-corrected chi connectivity index (χ2v) is 3.73. The Labute approximate surface area is 86.3 Å². The van der Waals surface area contributed by atoms with Crippen LogP contribution in [0.1, 0.15) is 13.3 Å². The number of rotatable bonds is 4. The predicted octanol–water partition coefficient (Wildman–Crippen LogP) is 2.79. The molecule has 0 aliphatic heterocycles. The summed E-state index contributed by atoms with van der Waals surface area (Å²) in [5.41, 5.74) is 0. The highest BCUT2D eigenvalue weighted by Crippen LogP contribution is 2.11. The van der Waals surface area contributed by atoms with Gasteiger partial charge in [0.2, 0.25) is 0 Å². The Hall–Kier alpha value is -0.900. The van der Waals surface area contributed by atoms with Gasteiger partial charge in [0, 0.05) is 18.0 Å². The molecular formula is C9H11ClF2N2. The Morgan fingerprint density at radius 3 is 2.86 bits per heavy atom. The lowest BCUT2D eigenvalue weighted by Crippen LogP contribution is -2.09. The van der Waals surface area contributed by atoms with Crippen LogP contribution >= 0.6 is 11.6 Å². The van der Waals surface area contributed by atoms with Crippen LogP contribution < -0.4 is 5.32 Å². The summed E-state index contributed by atoms with van der Waals surface area (Å²) in [6, 6.07) is 0.791. The molecule has 0 radical (unpaired) electrons. The summed E-state index contributed by atoms with van der Waals surface area (Å²) in [5, 5.41) is 2.75. The van der Waals surface area contributed by atoms with Crippen molar-refractivity contribution in [3.05, 3.63) is 23.9 Å². The molecule has 0 bridgehead atoms. The molecule has 5 heteroatoms. The zero-order chi connectivity index (χ0) is 10.6. The largest absolute Gasteiger partial charge is 0.368 e. The predicted molar refractivity (Wildman–Crippen MR) is 52.6 cm³/mol. The Morgan fingerprint density at radius 1 is 1.57 bits per heavy atom. The Morgan fingerprint density at radius 2 is 2.29 bits per heavy atom. The number of nitrogens with zero attached hydrogens (tertiary/aromatic N) is 1. The van der Waals surface area contributed by atoms with Crippen LogP contribution in [0.5, 0.6) is 0 Å². The van der Waals surface area contributed by atoms with Gasteiger partial charge < -0.3 is 5.32 Å². The average molecular weight is 221 g/mol. The molecule has 0 aliphatic carbocycles. The summed E-state index contributed by atoms with van der Waals surface area (Å²) < 4.78 is 25.4. The maximum Gasteiger partial charge on any atom is 0.168 e. The molecule has 0 saturated carbocycles. The van der Waals surface area contributed by atoms with Gasteiger partial charge >= 0.3 is 0 Å². The minimum atomic E-state index is -0.688. The first-order valence-electron chi connectivity index (χ1n) is 4.28. The molecule has 1 aromatic heterocycles. The van der Waals surface area contributed by atoms with Gasteiger partial charge in [-0.05, 0) is 13.3 Å². The second kappa shape index (κ2) is 5.10. The molecule has 1 heterocycles. The van der Waals surface area contributed by atoms with E-state index in [4.69, 9.17) is 11.6 Å². The van der Waals surface area contributed by atoms with Crippen LogP contribution in [0.25, 0.3) is 0 Å². The zero-order valence-electron chi connectivity index (χ0n) is 7.73. The van der Waals surface area contributed by atoms with E-state index >= 15 is 0 Å². The molecule has 0 saturated heterocycles. The standard InChI is InChI=1S/C9H11ClF2N2/c1-6(10)2-3-13-9-8(12)4-7(11)5-14-9/h4-6H,2-3H2,1H3,(H,13,14). The summed E-state index contributed by atoms with van der Waals surface area (Å²) in [6.45, 7) is 2.36. The number of nitrogens with one attached hydrogen (secondary N) is 1. The van der Waals surface area contributed by atoms with Gasteiger partial charge in [0.05, 0.1) is 6.20 Å². The fourth-order valence-corrected chi connectivity index (χ4v) is 1.04. The lowest BCUT2D eigenvalue weighted by Gasteiger charge is -2.06. The highest BCUT2D eigenvalue weighted by molar-refractivity contribution is 6.20. The first-order valence-corrected chi connectivity index (χ1v) is 4.72. The molecule has 14 heavy (non-hydrogen) atoms. The van der Waals surface area contributed by atoms with Crippen molar-refractivity contribution in [3.63, 3.8) is 0 Å². The molecule has 1 aromatic rings. The second-order valence-electron chi connectivity index (χ2n) is 2.98. The maximum absolute atomic E-state index is 13.0. The first kappa shape index (κ1) is 11.2. The topological polar surface area (TPSA) is 24.9 Å². The van der Waals surface area contributed by atoms with Crippen LogP contribution in [-0.2, 0) is 0 Å². The van der Waals surface area contributed by atoms with E-state index in [1.807, 2.05) is 6.92 Å². The number of pyridine rings is 1. The molecule has 0 fully saturated rings. The number of hydrogen-bond donors (Lipinski definition) is 1. The van der Waals surface area contributed by atoms with Crippen molar-refractivity contribution in [3.8, 4) is 0 Å². The van der Waals surface area contributed by atoms with Crippen LogP contribution in [0.15, 0.2) is 12.3 Å². The molecule has 0 aliphatic rings. The lowest BCUT2D eigenvalue weighted by atomic mass is 10.3. The third-order valence-corrected chi connectivity index (χ3v) is 1.86. The van der Waals surface area contributed by atoms with Crippen molar-refractivity contribution in [1.29, 1.82) is 0 Å². The van der Waals surface area contributed by atoms with Gasteiger partial charge in [-0.1, -0.05) is 0 Å². The van der Waals surface area contributed by atoms with Crippen molar-refractivity contribution in [1.82, 2.24) is 4.98 Å². The molecule has 1 unspecified atom stereocenters. The monoisotopic (exact) mass is 220 g/mol. The molecule has 0 spiro atoms. The highest BCUT2D eigenvalue weighted by atomic mass is 35.5. The van der Waals surface area contributed by atoms with Crippen molar-refractivity contribution >= 4 is 17.4 Å². The third-order valence-electron chi connectivity index (χ3n) is 1.64. The van der Waals surface area contributed by atoms with E-state index in [1.54, 1.807) is 0 Å². The zero-order valence-corrected chi connectivity index (χ0v) is 8.48. The van der Waals surface area contributed by atoms with Gasteiger partial charge in [0.25, 0.3) is 0 Å². The minimum Gasteiger partial charge on any atom is -0.368 e. The SMILES string of the molecule is CC(Cl)CCNc1ncc(F)cc1F. The van der Waals surface area contributed by atoms with Gasteiger partial charge in [-0.15, -0.1) is 11.6 Å². The summed E-state index contributed by atoms with van der Waals surface area (Å²) in [6.07, 6.45) is 1.66. The smallest absolute Gasteiger partial charge is 0.168 e. The lowest BCUT2D eigenvalue weighted by molar-refractivity contribution is 0.575. The van der Waals surface area contributed by atoms with Gasteiger partial charge in [0.15, 0.2) is 11.6 Å². The van der Waals surface area contributed by atoms with Crippen LogP contribution in [0, 0.1) is 11.6 Å². The summed E-state index contributed by atoms with van der Waals surface area (Å²) in [7, 11) is 0. The minimum absolute atomic E-state index is 0.0195. The molecular weight excluding hydrogens is 210 g/mol. The van der Waals surface area contributed by atoms with Crippen LogP contribution in [0.2, 0.25) is 0 Å². The fourth-order valence-electron chi connectivity index (χ4n) is 0.934. The molecule has 1 rings (SSSR count). The molecule has 1 atom stereocenters. The van der Waals surface area contributed by atoms with E-state index in [9.17, 15) is 8.78 Å². The van der Waals surface area contributed by atoms with E-state index in [-0.39, 0.29) is 11.2 Å². The van der Waals surface area contributed by atoms with Gasteiger partial charge in [-0.25, -0.2) is 13.8 Å². The van der Waals surface area contributed by atoms with E-state index < -0.39 is 11.6 Å². The summed E-state index contributed by atoms with van der Waals surface area (Å²) in [4.78, 5) is 3.57. The molecule has 1 N–H and O–H groups in total. The molecule has 78 valence electrons. The Kier molecular flexibility index (Phi) is 4.07. The first-order chi connectivity index (χ1) is 6.59. The van der Waals surface area contributed by atoms with Crippen LogP contribution in [0.3, 0.4) is 0 Å².